The van der Waals surface area contributed by atoms with E-state index >= 15 is 0 Å². The average Bonchev–Trinajstić information content (AvgIpc) is 3.18. The van der Waals surface area contributed by atoms with Crippen molar-refractivity contribution in [3.63, 3.8) is 0 Å². The second-order valence-electron chi connectivity index (χ2n) is 6.04. The Labute approximate surface area is 189 Å². The number of alkyl halides is 3. The number of ether oxygens (including phenoxy) is 2. The zero-order valence-corrected chi connectivity index (χ0v) is 19.6. The predicted molar refractivity (Wildman–Crippen MR) is 121 cm³/mol. The Morgan fingerprint density at radius 1 is 1.24 bits per heavy atom. The van der Waals surface area contributed by atoms with Gasteiger partial charge >= 0.3 is 6.18 Å². The van der Waals surface area contributed by atoms with E-state index in [0.717, 1.165) is 24.5 Å². The van der Waals surface area contributed by atoms with Crippen LogP contribution >= 0.6 is 35.3 Å². The summed E-state index contributed by atoms with van der Waals surface area (Å²) in [5.74, 6) is 1.04. The molecule has 2 rings (SSSR count). The second-order valence-corrected chi connectivity index (χ2v) is 7.07. The zero-order valence-electron chi connectivity index (χ0n) is 16.5. The van der Waals surface area contributed by atoms with Gasteiger partial charge in [-0.1, -0.05) is 12.1 Å². The van der Waals surface area contributed by atoms with Crippen molar-refractivity contribution in [2.75, 3.05) is 34.4 Å². The van der Waals surface area contributed by atoms with E-state index < -0.39 is 12.8 Å². The fraction of sp³-hybridized carbons (Fsp3) is 0.421. The van der Waals surface area contributed by atoms with Gasteiger partial charge in [-0.25, -0.2) is 0 Å². The molecular weight excluding hydrogens is 518 g/mol. The molecule has 0 radical (unpaired) electrons. The van der Waals surface area contributed by atoms with E-state index in [0.29, 0.717) is 6.54 Å². The lowest BCUT2D eigenvalue weighted by atomic mass is 10.2. The number of nitrogens with one attached hydrogen (secondary N) is 1. The lowest BCUT2D eigenvalue weighted by molar-refractivity contribution is -0.153. The second kappa shape index (κ2) is 12.1. The summed E-state index contributed by atoms with van der Waals surface area (Å²) in [5, 5.41) is 5.30. The Kier molecular flexibility index (Phi) is 10.6. The van der Waals surface area contributed by atoms with Gasteiger partial charge in [-0.2, -0.15) is 13.2 Å². The molecule has 0 aliphatic rings. The van der Waals surface area contributed by atoms with Crippen molar-refractivity contribution in [1.29, 1.82) is 0 Å². The molecule has 1 N–H and O–H groups in total. The maximum Gasteiger partial charge on any atom is 0.422 e. The number of hydrogen-bond acceptors (Lipinski definition) is 4. The molecule has 0 aliphatic carbocycles. The normalized spacial score (nSPS) is 11.6. The van der Waals surface area contributed by atoms with E-state index in [4.69, 9.17) is 9.47 Å². The van der Waals surface area contributed by atoms with Crippen molar-refractivity contribution >= 4 is 41.3 Å². The molecule has 1 heterocycles. The molecule has 10 heteroatoms. The van der Waals surface area contributed by atoms with Crippen LogP contribution in [0.1, 0.15) is 10.4 Å². The molecule has 0 amide bonds. The summed E-state index contributed by atoms with van der Waals surface area (Å²) in [7, 11) is 5.06. The zero-order chi connectivity index (χ0) is 20.6. The Morgan fingerprint density at radius 3 is 2.59 bits per heavy atom. The molecule has 0 spiro atoms. The highest BCUT2D eigenvalue weighted by molar-refractivity contribution is 14.0. The number of thiophene rings is 1. The van der Waals surface area contributed by atoms with Gasteiger partial charge in [0.2, 0.25) is 0 Å². The molecule has 2 aromatic rings. The van der Waals surface area contributed by atoms with E-state index in [9.17, 15) is 13.2 Å². The minimum Gasteiger partial charge on any atom is -0.493 e. The van der Waals surface area contributed by atoms with Crippen molar-refractivity contribution in [1.82, 2.24) is 10.2 Å². The molecule has 0 bridgehead atoms. The topological polar surface area (TPSA) is 46.1 Å². The highest BCUT2D eigenvalue weighted by atomic mass is 127. The summed E-state index contributed by atoms with van der Waals surface area (Å²) in [6.07, 6.45) is -3.47. The molecule has 0 saturated heterocycles. The van der Waals surface area contributed by atoms with Crippen molar-refractivity contribution in [2.45, 2.75) is 19.1 Å². The first-order valence-electron chi connectivity index (χ1n) is 8.63. The summed E-state index contributed by atoms with van der Waals surface area (Å²) < 4.78 is 47.0. The van der Waals surface area contributed by atoms with Crippen LogP contribution in [0.3, 0.4) is 0 Å². The van der Waals surface area contributed by atoms with Crippen molar-refractivity contribution < 1.29 is 22.6 Å². The highest BCUT2D eigenvalue weighted by Crippen LogP contribution is 2.29. The monoisotopic (exact) mass is 543 g/mol. The molecule has 0 atom stereocenters. The molecular formula is C19H25F3IN3O2S. The SMILES string of the molecule is CN=C(NCc1ccc(OCC(F)(F)F)c(OC)c1)N(C)CCc1cccs1.I. The lowest BCUT2D eigenvalue weighted by Crippen LogP contribution is -2.39. The van der Waals surface area contributed by atoms with Gasteiger partial charge in [0.25, 0.3) is 0 Å². The number of aliphatic imine (C=N–C) groups is 1. The molecule has 0 saturated carbocycles. The van der Waals surface area contributed by atoms with Gasteiger partial charge in [-0.3, -0.25) is 4.99 Å². The van der Waals surface area contributed by atoms with E-state index in [2.05, 4.69) is 21.8 Å². The number of benzene rings is 1. The number of guanidine groups is 1. The van der Waals surface area contributed by atoms with Crippen LogP contribution in [0, 0.1) is 0 Å². The molecule has 1 aromatic heterocycles. The lowest BCUT2D eigenvalue weighted by Gasteiger charge is -2.22. The molecule has 1 aromatic carbocycles. The van der Waals surface area contributed by atoms with Crippen molar-refractivity contribution in [2.24, 2.45) is 4.99 Å². The Hall–Kier alpha value is -1.69. The molecule has 5 nitrogen and oxygen atoms in total. The number of halogens is 4. The van der Waals surface area contributed by atoms with Gasteiger partial charge < -0.3 is 19.7 Å². The number of methoxy groups -OCH3 is 1. The maximum absolute atomic E-state index is 12.3. The fourth-order valence-corrected chi connectivity index (χ4v) is 3.20. The van der Waals surface area contributed by atoms with E-state index in [-0.39, 0.29) is 35.5 Å². The molecule has 29 heavy (non-hydrogen) atoms. The molecule has 0 unspecified atom stereocenters. The van der Waals surface area contributed by atoms with Gasteiger partial charge in [0, 0.05) is 32.1 Å². The van der Waals surface area contributed by atoms with Crippen LogP contribution in [0.5, 0.6) is 11.5 Å². The largest absolute Gasteiger partial charge is 0.493 e. The molecule has 162 valence electrons. The first-order valence-corrected chi connectivity index (χ1v) is 9.51. The standard InChI is InChI=1S/C19H24F3N3O2S.HI/c1-23-18(25(2)9-8-15-5-4-10-28-15)24-12-14-6-7-16(17(11-14)26-3)27-13-19(20,21)22;/h4-7,10-11H,8-9,12-13H2,1-3H3,(H,23,24);1H. The first-order chi connectivity index (χ1) is 13.3. The van der Waals surface area contributed by atoms with Gasteiger partial charge in [0.15, 0.2) is 24.1 Å². The van der Waals surface area contributed by atoms with Gasteiger partial charge in [-0.15, -0.1) is 35.3 Å². The molecule has 0 fully saturated rings. The van der Waals surface area contributed by atoms with E-state index in [1.807, 2.05) is 18.0 Å². The van der Waals surface area contributed by atoms with Crippen molar-refractivity contribution in [3.05, 3.63) is 46.2 Å². The summed E-state index contributed by atoms with van der Waals surface area (Å²) >= 11 is 1.72. The highest BCUT2D eigenvalue weighted by Gasteiger charge is 2.29. The minimum absolute atomic E-state index is 0. The Morgan fingerprint density at radius 2 is 2.00 bits per heavy atom. The summed E-state index contributed by atoms with van der Waals surface area (Å²) in [5.41, 5.74) is 0.837. The van der Waals surface area contributed by atoms with Crippen LogP contribution in [-0.2, 0) is 13.0 Å². The Balaban J connectivity index is 0.00000420. The third-order valence-corrected chi connectivity index (χ3v) is 4.85. The fourth-order valence-electron chi connectivity index (χ4n) is 2.51. The van der Waals surface area contributed by atoms with Crippen LogP contribution in [0.4, 0.5) is 13.2 Å². The van der Waals surface area contributed by atoms with E-state index in [1.54, 1.807) is 30.5 Å². The minimum atomic E-state index is -4.40. The quantitative estimate of drug-likeness (QED) is 0.301. The van der Waals surface area contributed by atoms with Gasteiger partial charge in [0.05, 0.1) is 7.11 Å². The van der Waals surface area contributed by atoms with Crippen LogP contribution in [0.15, 0.2) is 40.7 Å². The van der Waals surface area contributed by atoms with Crippen LogP contribution in [-0.4, -0.2) is 51.4 Å². The van der Waals surface area contributed by atoms with Crippen LogP contribution in [0.25, 0.3) is 0 Å². The first kappa shape index (κ1) is 25.3. The van der Waals surface area contributed by atoms with Crippen LogP contribution in [0.2, 0.25) is 0 Å². The summed E-state index contributed by atoms with van der Waals surface area (Å²) in [6.45, 7) is -0.0950. The summed E-state index contributed by atoms with van der Waals surface area (Å²) in [6, 6.07) is 8.95. The Bertz CT molecular complexity index is 771. The third-order valence-electron chi connectivity index (χ3n) is 3.92. The maximum atomic E-state index is 12.3. The van der Waals surface area contributed by atoms with Gasteiger partial charge in [-0.05, 0) is 35.6 Å². The number of rotatable bonds is 8. The smallest absolute Gasteiger partial charge is 0.422 e. The van der Waals surface area contributed by atoms with Crippen molar-refractivity contribution in [3.8, 4) is 11.5 Å². The number of nitrogens with zero attached hydrogens (tertiary/aromatic N) is 2. The van der Waals surface area contributed by atoms with Gasteiger partial charge in [0.1, 0.15) is 0 Å². The molecule has 0 aliphatic heterocycles. The number of hydrogen-bond donors (Lipinski definition) is 1. The van der Waals surface area contributed by atoms with Crippen LogP contribution < -0.4 is 14.8 Å². The third kappa shape index (κ3) is 8.69. The average molecular weight is 543 g/mol. The van der Waals surface area contributed by atoms with E-state index in [1.165, 1.54) is 18.1 Å². The number of likely N-dealkylation sites (N-methyl/N-ethyl adjacent to an activating group) is 1. The predicted octanol–water partition coefficient (Wildman–Crippen LogP) is 4.57. The summed E-state index contributed by atoms with van der Waals surface area (Å²) in [4.78, 5) is 7.61.